The first-order chi connectivity index (χ1) is 9.10. The van der Waals surface area contributed by atoms with E-state index in [2.05, 4.69) is 15.2 Å². The standard InChI is InChI=1S/C11H14N4O4/c1-3-18-6-9-14-13-8(19-9)5-15-4-7(2)10(16)12-11(15)17/h4H,3,5-6H2,1-2H3,(H,12,16,17). The highest BCUT2D eigenvalue weighted by molar-refractivity contribution is 5.01. The minimum Gasteiger partial charge on any atom is -0.421 e. The molecule has 0 saturated heterocycles. The molecule has 1 N–H and O–H groups in total. The third kappa shape index (κ3) is 3.16. The summed E-state index contributed by atoms with van der Waals surface area (Å²) in [6, 6.07) is 0. The Labute approximate surface area is 108 Å². The van der Waals surface area contributed by atoms with Crippen LogP contribution in [0, 0.1) is 6.92 Å². The Morgan fingerprint density at radius 1 is 1.37 bits per heavy atom. The van der Waals surface area contributed by atoms with Crippen LogP contribution in [-0.4, -0.2) is 26.4 Å². The smallest absolute Gasteiger partial charge is 0.328 e. The molecule has 2 aromatic rings. The van der Waals surface area contributed by atoms with Crippen molar-refractivity contribution in [2.45, 2.75) is 27.0 Å². The van der Waals surface area contributed by atoms with Crippen LogP contribution in [0.25, 0.3) is 0 Å². The summed E-state index contributed by atoms with van der Waals surface area (Å²) in [5.41, 5.74) is -0.474. The summed E-state index contributed by atoms with van der Waals surface area (Å²) >= 11 is 0. The number of aromatic amines is 1. The third-order valence-corrected chi connectivity index (χ3v) is 2.43. The second-order valence-electron chi connectivity index (χ2n) is 3.93. The second-order valence-corrected chi connectivity index (χ2v) is 3.93. The molecule has 0 unspecified atom stereocenters. The van der Waals surface area contributed by atoms with Gasteiger partial charge >= 0.3 is 5.69 Å². The Bertz CT molecular complexity index is 670. The average Bonchev–Trinajstić information content (AvgIpc) is 2.81. The van der Waals surface area contributed by atoms with Crippen molar-refractivity contribution in [1.82, 2.24) is 19.7 Å². The molecular formula is C11H14N4O4. The van der Waals surface area contributed by atoms with Gasteiger partial charge < -0.3 is 9.15 Å². The molecule has 0 amide bonds. The van der Waals surface area contributed by atoms with E-state index in [1.54, 1.807) is 6.92 Å². The molecule has 0 aromatic carbocycles. The number of H-pyrrole nitrogens is 1. The summed E-state index contributed by atoms with van der Waals surface area (Å²) in [5.74, 6) is 0.634. The molecule has 0 fully saturated rings. The van der Waals surface area contributed by atoms with Crippen LogP contribution in [-0.2, 0) is 17.9 Å². The average molecular weight is 266 g/mol. The van der Waals surface area contributed by atoms with Gasteiger partial charge in [0.2, 0.25) is 11.8 Å². The van der Waals surface area contributed by atoms with Gasteiger partial charge in [-0.25, -0.2) is 4.79 Å². The number of nitrogens with zero attached hydrogens (tertiary/aromatic N) is 3. The Hall–Kier alpha value is -2.22. The summed E-state index contributed by atoms with van der Waals surface area (Å²) in [6.45, 7) is 4.37. The molecule has 0 saturated carbocycles. The fourth-order valence-corrected chi connectivity index (χ4v) is 1.48. The van der Waals surface area contributed by atoms with Crippen molar-refractivity contribution in [1.29, 1.82) is 0 Å². The molecule has 102 valence electrons. The number of rotatable bonds is 5. The number of hydrogen-bond donors (Lipinski definition) is 1. The maximum atomic E-state index is 11.6. The molecule has 0 aliphatic carbocycles. The second kappa shape index (κ2) is 5.61. The molecule has 0 aliphatic rings. The molecule has 8 nitrogen and oxygen atoms in total. The number of nitrogens with one attached hydrogen (secondary N) is 1. The highest BCUT2D eigenvalue weighted by Gasteiger charge is 2.08. The zero-order valence-electron chi connectivity index (χ0n) is 10.7. The zero-order chi connectivity index (χ0) is 13.8. The third-order valence-electron chi connectivity index (χ3n) is 2.43. The fraction of sp³-hybridized carbons (Fsp3) is 0.455. The highest BCUT2D eigenvalue weighted by Crippen LogP contribution is 2.02. The SMILES string of the molecule is CCOCc1nnc(Cn2cc(C)c(=O)[nH]c2=O)o1. The first-order valence-corrected chi connectivity index (χ1v) is 5.79. The lowest BCUT2D eigenvalue weighted by Crippen LogP contribution is -2.31. The van der Waals surface area contributed by atoms with Gasteiger partial charge in [-0.1, -0.05) is 0 Å². The van der Waals surface area contributed by atoms with Crippen LogP contribution < -0.4 is 11.2 Å². The molecule has 2 aromatic heterocycles. The summed E-state index contributed by atoms with van der Waals surface area (Å²) in [4.78, 5) is 25.0. The van der Waals surface area contributed by atoms with Gasteiger partial charge in [-0.3, -0.25) is 14.3 Å². The quantitative estimate of drug-likeness (QED) is 0.804. The van der Waals surface area contributed by atoms with Gasteiger partial charge in [0.25, 0.3) is 5.56 Å². The molecule has 0 atom stereocenters. The Morgan fingerprint density at radius 2 is 2.11 bits per heavy atom. The Morgan fingerprint density at radius 3 is 2.84 bits per heavy atom. The Balaban J connectivity index is 2.17. The van der Waals surface area contributed by atoms with Crippen LogP contribution in [0.2, 0.25) is 0 Å². The largest absolute Gasteiger partial charge is 0.421 e. The normalized spacial score (nSPS) is 10.8. The van der Waals surface area contributed by atoms with Crippen LogP contribution in [0.5, 0.6) is 0 Å². The predicted molar refractivity (Wildman–Crippen MR) is 64.8 cm³/mol. The number of aryl methyl sites for hydroxylation is 1. The topological polar surface area (TPSA) is 103 Å². The molecule has 0 spiro atoms. The van der Waals surface area contributed by atoms with Crippen molar-refractivity contribution in [3.05, 3.63) is 44.4 Å². The van der Waals surface area contributed by atoms with E-state index in [0.29, 0.717) is 18.1 Å². The van der Waals surface area contributed by atoms with Crippen LogP contribution in [0.4, 0.5) is 0 Å². The van der Waals surface area contributed by atoms with E-state index >= 15 is 0 Å². The monoisotopic (exact) mass is 266 g/mol. The minimum absolute atomic E-state index is 0.107. The number of hydrogen-bond acceptors (Lipinski definition) is 6. The predicted octanol–water partition coefficient (Wildman–Crippen LogP) is -0.187. The van der Waals surface area contributed by atoms with E-state index < -0.39 is 11.2 Å². The molecule has 0 radical (unpaired) electrons. The van der Waals surface area contributed by atoms with Crippen molar-refractivity contribution in [3.8, 4) is 0 Å². The van der Waals surface area contributed by atoms with E-state index in [4.69, 9.17) is 9.15 Å². The van der Waals surface area contributed by atoms with Crippen molar-refractivity contribution in [3.63, 3.8) is 0 Å². The summed E-state index contributed by atoms with van der Waals surface area (Å²) < 4.78 is 11.7. The van der Waals surface area contributed by atoms with Crippen LogP contribution in [0.3, 0.4) is 0 Å². The van der Waals surface area contributed by atoms with Gasteiger partial charge in [0.1, 0.15) is 13.2 Å². The van der Waals surface area contributed by atoms with Gasteiger partial charge in [0.15, 0.2) is 0 Å². The lowest BCUT2D eigenvalue weighted by molar-refractivity contribution is 0.113. The van der Waals surface area contributed by atoms with Gasteiger partial charge in [-0.15, -0.1) is 10.2 Å². The van der Waals surface area contributed by atoms with Gasteiger partial charge in [0, 0.05) is 18.4 Å². The van der Waals surface area contributed by atoms with Gasteiger partial charge in [-0.05, 0) is 13.8 Å². The molecular weight excluding hydrogens is 252 g/mol. The molecule has 2 heterocycles. The molecule has 2 rings (SSSR count). The van der Waals surface area contributed by atoms with E-state index in [-0.39, 0.29) is 19.0 Å². The van der Waals surface area contributed by atoms with Crippen LogP contribution in [0.15, 0.2) is 20.2 Å². The van der Waals surface area contributed by atoms with Gasteiger partial charge in [0.05, 0.1) is 0 Å². The van der Waals surface area contributed by atoms with Crippen molar-refractivity contribution in [2.75, 3.05) is 6.61 Å². The molecule has 0 bridgehead atoms. The Kier molecular flexibility index (Phi) is 3.91. The van der Waals surface area contributed by atoms with Crippen molar-refractivity contribution >= 4 is 0 Å². The van der Waals surface area contributed by atoms with E-state index in [1.165, 1.54) is 10.8 Å². The maximum absolute atomic E-state index is 11.6. The summed E-state index contributed by atoms with van der Waals surface area (Å²) in [5, 5.41) is 7.60. The molecule has 19 heavy (non-hydrogen) atoms. The first kappa shape index (κ1) is 13.2. The lowest BCUT2D eigenvalue weighted by atomic mass is 10.4. The molecule has 8 heteroatoms. The maximum Gasteiger partial charge on any atom is 0.328 e. The van der Waals surface area contributed by atoms with Crippen LogP contribution in [0.1, 0.15) is 24.3 Å². The van der Waals surface area contributed by atoms with E-state index in [9.17, 15) is 9.59 Å². The van der Waals surface area contributed by atoms with Crippen molar-refractivity contribution in [2.24, 2.45) is 0 Å². The van der Waals surface area contributed by atoms with Crippen molar-refractivity contribution < 1.29 is 9.15 Å². The minimum atomic E-state index is -0.514. The lowest BCUT2D eigenvalue weighted by Gasteiger charge is -2.01. The van der Waals surface area contributed by atoms with E-state index in [1.807, 2.05) is 6.92 Å². The fourth-order valence-electron chi connectivity index (χ4n) is 1.48. The summed E-state index contributed by atoms with van der Waals surface area (Å²) in [7, 11) is 0. The molecule has 0 aliphatic heterocycles. The number of ether oxygens (including phenoxy) is 1. The van der Waals surface area contributed by atoms with Gasteiger partial charge in [-0.2, -0.15) is 0 Å². The number of aromatic nitrogens is 4. The van der Waals surface area contributed by atoms with E-state index in [0.717, 1.165) is 0 Å². The zero-order valence-corrected chi connectivity index (χ0v) is 10.7. The highest BCUT2D eigenvalue weighted by atomic mass is 16.5. The summed E-state index contributed by atoms with van der Waals surface area (Å²) in [6.07, 6.45) is 1.45. The van der Waals surface area contributed by atoms with Crippen LogP contribution >= 0.6 is 0 Å². The first-order valence-electron chi connectivity index (χ1n) is 5.79.